The van der Waals surface area contributed by atoms with Crippen LogP contribution in [-0.2, 0) is 20.1 Å². The molecule has 2 aromatic heterocycles. The molecule has 124 valence electrons. The van der Waals surface area contributed by atoms with Gasteiger partial charge in [-0.3, -0.25) is 14.2 Å². The molecule has 1 aromatic carbocycles. The molecular formula is C18H21N5O. The smallest absolute Gasteiger partial charge is 0.253 e. The maximum Gasteiger partial charge on any atom is 0.253 e. The van der Waals surface area contributed by atoms with E-state index in [4.69, 9.17) is 0 Å². The van der Waals surface area contributed by atoms with Gasteiger partial charge in [0.15, 0.2) is 0 Å². The maximum atomic E-state index is 12.7. The zero-order valence-electron chi connectivity index (χ0n) is 14.2. The molecular weight excluding hydrogens is 302 g/mol. The highest BCUT2D eigenvalue weighted by Gasteiger charge is 2.15. The largest absolute Gasteiger partial charge is 0.337 e. The predicted molar refractivity (Wildman–Crippen MR) is 91.5 cm³/mol. The number of nitrogens with zero attached hydrogens (tertiary/aromatic N) is 5. The van der Waals surface area contributed by atoms with Crippen molar-refractivity contribution in [1.82, 2.24) is 24.5 Å². The molecule has 0 unspecified atom stereocenters. The number of rotatable bonds is 5. The van der Waals surface area contributed by atoms with Gasteiger partial charge >= 0.3 is 0 Å². The minimum Gasteiger partial charge on any atom is -0.337 e. The quantitative estimate of drug-likeness (QED) is 0.723. The standard InChI is InChI=1S/C18H21N5O/c1-14-17(11-20-22(14)3)13-21(2)18(24)16-7-4-6-15(10-16)12-23-9-5-8-19-23/h4-11H,12-13H2,1-3H3. The first-order valence-electron chi connectivity index (χ1n) is 7.84. The molecule has 0 saturated heterocycles. The first-order chi connectivity index (χ1) is 11.5. The van der Waals surface area contributed by atoms with Crippen molar-refractivity contribution in [2.24, 2.45) is 7.05 Å². The molecule has 24 heavy (non-hydrogen) atoms. The Labute approximate surface area is 141 Å². The molecule has 2 heterocycles. The van der Waals surface area contributed by atoms with Crippen LogP contribution in [0.15, 0.2) is 48.9 Å². The van der Waals surface area contributed by atoms with Gasteiger partial charge in [0.05, 0.1) is 12.7 Å². The van der Waals surface area contributed by atoms with Crippen molar-refractivity contribution in [2.45, 2.75) is 20.0 Å². The van der Waals surface area contributed by atoms with Gasteiger partial charge < -0.3 is 4.90 Å². The van der Waals surface area contributed by atoms with E-state index in [0.717, 1.165) is 16.8 Å². The first kappa shape index (κ1) is 16.0. The Kier molecular flexibility index (Phi) is 4.46. The SMILES string of the molecule is Cc1c(CN(C)C(=O)c2cccc(Cn3cccn3)c2)cnn1C. The summed E-state index contributed by atoms with van der Waals surface area (Å²) in [5.74, 6) is 0.000526. The molecule has 3 rings (SSSR count). The molecule has 0 fully saturated rings. The minimum atomic E-state index is 0.000526. The predicted octanol–water partition coefficient (Wildman–Crippen LogP) is 2.25. The van der Waals surface area contributed by atoms with Gasteiger partial charge in [-0.05, 0) is 30.7 Å². The van der Waals surface area contributed by atoms with Crippen molar-refractivity contribution in [3.63, 3.8) is 0 Å². The van der Waals surface area contributed by atoms with E-state index in [-0.39, 0.29) is 5.91 Å². The lowest BCUT2D eigenvalue weighted by Crippen LogP contribution is -2.26. The van der Waals surface area contributed by atoms with Gasteiger partial charge in [0, 0.05) is 49.9 Å². The molecule has 0 atom stereocenters. The minimum absolute atomic E-state index is 0.000526. The van der Waals surface area contributed by atoms with Crippen LogP contribution in [-0.4, -0.2) is 37.4 Å². The Morgan fingerprint density at radius 2 is 2.08 bits per heavy atom. The summed E-state index contributed by atoms with van der Waals surface area (Å²) in [6, 6.07) is 9.58. The van der Waals surface area contributed by atoms with Crippen molar-refractivity contribution in [3.8, 4) is 0 Å². The van der Waals surface area contributed by atoms with Crippen molar-refractivity contribution < 1.29 is 4.79 Å². The average Bonchev–Trinajstić information content (AvgIpc) is 3.19. The first-order valence-corrected chi connectivity index (χ1v) is 7.84. The van der Waals surface area contributed by atoms with Gasteiger partial charge in [0.2, 0.25) is 0 Å². The van der Waals surface area contributed by atoms with Crippen LogP contribution in [0.2, 0.25) is 0 Å². The second-order valence-electron chi connectivity index (χ2n) is 5.94. The zero-order valence-corrected chi connectivity index (χ0v) is 14.2. The lowest BCUT2D eigenvalue weighted by molar-refractivity contribution is 0.0784. The Hall–Kier alpha value is -2.89. The summed E-state index contributed by atoms with van der Waals surface area (Å²) >= 11 is 0. The van der Waals surface area contributed by atoms with Crippen LogP contribution in [0.5, 0.6) is 0 Å². The van der Waals surface area contributed by atoms with Crippen LogP contribution >= 0.6 is 0 Å². The number of aryl methyl sites for hydroxylation is 1. The van der Waals surface area contributed by atoms with Crippen molar-refractivity contribution in [2.75, 3.05) is 7.05 Å². The maximum absolute atomic E-state index is 12.7. The van der Waals surface area contributed by atoms with E-state index in [1.807, 2.05) is 73.1 Å². The zero-order chi connectivity index (χ0) is 17.1. The highest BCUT2D eigenvalue weighted by Crippen LogP contribution is 2.13. The van der Waals surface area contributed by atoms with E-state index >= 15 is 0 Å². The van der Waals surface area contributed by atoms with Gasteiger partial charge in [0.25, 0.3) is 5.91 Å². The summed E-state index contributed by atoms with van der Waals surface area (Å²) in [6.45, 7) is 3.20. The summed E-state index contributed by atoms with van der Waals surface area (Å²) in [5, 5.41) is 8.43. The van der Waals surface area contributed by atoms with Gasteiger partial charge in [-0.15, -0.1) is 0 Å². The lowest BCUT2D eigenvalue weighted by atomic mass is 10.1. The number of carbonyl (C=O) groups is 1. The number of aromatic nitrogens is 4. The van der Waals surface area contributed by atoms with E-state index in [1.54, 1.807) is 11.1 Å². The molecule has 0 bridgehead atoms. The Morgan fingerprint density at radius 1 is 1.25 bits per heavy atom. The lowest BCUT2D eigenvalue weighted by Gasteiger charge is -2.17. The Bertz CT molecular complexity index is 835. The third-order valence-corrected chi connectivity index (χ3v) is 4.17. The number of carbonyl (C=O) groups excluding carboxylic acids is 1. The molecule has 0 N–H and O–H groups in total. The molecule has 0 aliphatic heterocycles. The fourth-order valence-corrected chi connectivity index (χ4v) is 2.63. The van der Waals surface area contributed by atoms with Crippen LogP contribution in [0.25, 0.3) is 0 Å². The molecule has 0 aliphatic rings. The molecule has 0 saturated carbocycles. The summed E-state index contributed by atoms with van der Waals surface area (Å²) in [6.07, 6.45) is 5.47. The molecule has 1 amide bonds. The third-order valence-electron chi connectivity index (χ3n) is 4.17. The van der Waals surface area contributed by atoms with E-state index in [9.17, 15) is 4.79 Å². The van der Waals surface area contributed by atoms with E-state index in [2.05, 4.69) is 10.2 Å². The number of benzene rings is 1. The molecule has 0 radical (unpaired) electrons. The summed E-state index contributed by atoms with van der Waals surface area (Å²) < 4.78 is 3.66. The third kappa shape index (κ3) is 3.37. The Balaban J connectivity index is 1.73. The van der Waals surface area contributed by atoms with Crippen LogP contribution in [0.4, 0.5) is 0 Å². The van der Waals surface area contributed by atoms with E-state index < -0.39 is 0 Å². The normalized spacial score (nSPS) is 10.8. The van der Waals surface area contributed by atoms with Gasteiger partial charge in [-0.1, -0.05) is 12.1 Å². The topological polar surface area (TPSA) is 56.0 Å². The molecule has 0 spiro atoms. The fourth-order valence-electron chi connectivity index (χ4n) is 2.63. The Morgan fingerprint density at radius 3 is 2.75 bits per heavy atom. The van der Waals surface area contributed by atoms with E-state index in [0.29, 0.717) is 18.7 Å². The second kappa shape index (κ2) is 6.70. The average molecular weight is 323 g/mol. The van der Waals surface area contributed by atoms with Crippen LogP contribution in [0.3, 0.4) is 0 Å². The molecule has 0 aliphatic carbocycles. The van der Waals surface area contributed by atoms with Gasteiger partial charge in [0.1, 0.15) is 0 Å². The monoisotopic (exact) mass is 323 g/mol. The van der Waals surface area contributed by atoms with E-state index in [1.165, 1.54) is 0 Å². The van der Waals surface area contributed by atoms with Crippen molar-refractivity contribution >= 4 is 5.91 Å². The summed E-state index contributed by atoms with van der Waals surface area (Å²) in [5.41, 5.74) is 3.86. The van der Waals surface area contributed by atoms with Gasteiger partial charge in [-0.2, -0.15) is 10.2 Å². The highest BCUT2D eigenvalue weighted by atomic mass is 16.2. The van der Waals surface area contributed by atoms with Crippen molar-refractivity contribution in [1.29, 1.82) is 0 Å². The summed E-state index contributed by atoms with van der Waals surface area (Å²) in [7, 11) is 3.72. The number of hydrogen-bond acceptors (Lipinski definition) is 3. The number of hydrogen-bond donors (Lipinski definition) is 0. The number of amides is 1. The van der Waals surface area contributed by atoms with Crippen LogP contribution in [0, 0.1) is 6.92 Å². The highest BCUT2D eigenvalue weighted by molar-refractivity contribution is 5.94. The molecule has 6 nitrogen and oxygen atoms in total. The van der Waals surface area contributed by atoms with Gasteiger partial charge in [-0.25, -0.2) is 0 Å². The summed E-state index contributed by atoms with van der Waals surface area (Å²) in [4.78, 5) is 14.4. The molecule has 3 aromatic rings. The van der Waals surface area contributed by atoms with Crippen LogP contribution < -0.4 is 0 Å². The van der Waals surface area contributed by atoms with Crippen molar-refractivity contribution in [3.05, 3.63) is 71.3 Å². The second-order valence-corrected chi connectivity index (χ2v) is 5.94. The fraction of sp³-hybridized carbons (Fsp3) is 0.278. The molecule has 6 heteroatoms. The van der Waals surface area contributed by atoms with Crippen LogP contribution in [0.1, 0.15) is 27.2 Å².